The number of hydrogen-bond donors (Lipinski definition) is 2. The highest BCUT2D eigenvalue weighted by molar-refractivity contribution is 6.31. The Hall–Kier alpha value is -1.26. The zero-order chi connectivity index (χ0) is 17.1. The number of hydrogen-bond acceptors (Lipinski definition) is 2. The first kappa shape index (κ1) is 20.1. The van der Waals surface area contributed by atoms with Gasteiger partial charge in [-0.25, -0.2) is 0 Å². The number of carbonyl (C=O) groups is 1. The zero-order valence-electron chi connectivity index (χ0n) is 13.8. The van der Waals surface area contributed by atoms with E-state index in [4.69, 9.17) is 23.2 Å². The van der Waals surface area contributed by atoms with Gasteiger partial charge in [0.15, 0.2) is 0 Å². The molecule has 0 aromatic heterocycles. The third kappa shape index (κ3) is 4.68. The molecule has 3 nitrogen and oxygen atoms in total. The summed E-state index contributed by atoms with van der Waals surface area (Å²) in [7, 11) is 0. The first-order chi connectivity index (χ1) is 11.6. The van der Waals surface area contributed by atoms with Gasteiger partial charge in [0.2, 0.25) is 5.91 Å². The van der Waals surface area contributed by atoms with Crippen LogP contribution in [0.25, 0.3) is 0 Å². The summed E-state index contributed by atoms with van der Waals surface area (Å²) in [5.74, 6) is 0.395. The first-order valence-electron chi connectivity index (χ1n) is 8.07. The van der Waals surface area contributed by atoms with Crippen LogP contribution in [0.2, 0.25) is 10.0 Å². The lowest BCUT2D eigenvalue weighted by Crippen LogP contribution is -2.50. The molecule has 1 amide bonds. The van der Waals surface area contributed by atoms with E-state index in [9.17, 15) is 4.79 Å². The molecule has 1 saturated heterocycles. The topological polar surface area (TPSA) is 41.1 Å². The molecule has 2 aromatic rings. The molecule has 0 aliphatic carbocycles. The second-order valence-corrected chi connectivity index (χ2v) is 7.07. The number of amides is 1. The summed E-state index contributed by atoms with van der Waals surface area (Å²) < 4.78 is 0. The van der Waals surface area contributed by atoms with Crippen LogP contribution in [0.3, 0.4) is 0 Å². The average molecular weight is 400 g/mol. The summed E-state index contributed by atoms with van der Waals surface area (Å²) in [6.07, 6.45) is 0. The minimum Gasteiger partial charge on any atom is -0.345 e. The number of nitrogens with one attached hydrogen (secondary N) is 2. The Bertz CT molecular complexity index is 717. The van der Waals surface area contributed by atoms with Crippen LogP contribution in [0.5, 0.6) is 0 Å². The van der Waals surface area contributed by atoms with Gasteiger partial charge in [-0.3, -0.25) is 4.79 Å². The molecule has 3 rings (SSSR count). The van der Waals surface area contributed by atoms with Crippen molar-refractivity contribution in [2.75, 3.05) is 13.1 Å². The van der Waals surface area contributed by atoms with E-state index < -0.39 is 0 Å². The fourth-order valence-electron chi connectivity index (χ4n) is 2.86. The summed E-state index contributed by atoms with van der Waals surface area (Å²) in [6, 6.07) is 14.8. The molecule has 0 radical (unpaired) electrons. The summed E-state index contributed by atoms with van der Waals surface area (Å²) in [5.41, 5.74) is 1.84. The number of carbonyl (C=O) groups excluding carboxylic acids is 1. The second kappa shape index (κ2) is 8.91. The molecule has 2 aromatic carbocycles. The molecule has 1 aliphatic rings. The van der Waals surface area contributed by atoms with Crippen LogP contribution in [0.15, 0.2) is 48.5 Å². The van der Waals surface area contributed by atoms with Gasteiger partial charge < -0.3 is 10.6 Å². The lowest BCUT2D eigenvalue weighted by atomic mass is 9.87. The van der Waals surface area contributed by atoms with Crippen LogP contribution >= 0.6 is 35.6 Å². The predicted molar refractivity (Wildman–Crippen MR) is 106 cm³/mol. The maximum Gasteiger partial charge on any atom is 0.223 e. The van der Waals surface area contributed by atoms with Crippen LogP contribution in [-0.4, -0.2) is 19.0 Å². The van der Waals surface area contributed by atoms with Crippen LogP contribution in [0.1, 0.15) is 24.1 Å². The number of rotatable bonds is 5. The van der Waals surface area contributed by atoms with Gasteiger partial charge in [-0.1, -0.05) is 60.5 Å². The third-order valence-corrected chi connectivity index (χ3v) is 5.24. The fraction of sp³-hybridized carbons (Fsp3) is 0.316. The van der Waals surface area contributed by atoms with Gasteiger partial charge in [0.25, 0.3) is 0 Å². The summed E-state index contributed by atoms with van der Waals surface area (Å²) in [5, 5.41) is 7.68. The summed E-state index contributed by atoms with van der Waals surface area (Å²) in [6.45, 7) is 3.77. The monoisotopic (exact) mass is 398 g/mol. The molecule has 0 saturated carbocycles. The van der Waals surface area contributed by atoms with Gasteiger partial charge in [-0.15, -0.1) is 12.4 Å². The number of halogens is 3. The second-order valence-electron chi connectivity index (χ2n) is 6.22. The molecule has 0 bridgehead atoms. The molecule has 134 valence electrons. The van der Waals surface area contributed by atoms with Gasteiger partial charge in [0, 0.05) is 16.0 Å². The maximum absolute atomic E-state index is 12.7. The summed E-state index contributed by atoms with van der Waals surface area (Å²) in [4.78, 5) is 12.7. The van der Waals surface area contributed by atoms with E-state index in [1.54, 1.807) is 0 Å². The standard InChI is InChI=1S/C19H20Cl2N2O.ClH/c1-12(14-10-22-11-14)19(24)23-18(13-6-8-15(20)9-7-13)16-4-2-3-5-17(16)21;/h2-9,12,14,18,22H,10-11H2,1H3,(H,23,24);1H. The van der Waals surface area contributed by atoms with Crippen molar-refractivity contribution in [1.82, 2.24) is 10.6 Å². The van der Waals surface area contributed by atoms with Gasteiger partial charge in [-0.2, -0.15) is 0 Å². The van der Waals surface area contributed by atoms with Crippen LogP contribution in [-0.2, 0) is 4.79 Å². The summed E-state index contributed by atoms with van der Waals surface area (Å²) >= 11 is 12.4. The zero-order valence-corrected chi connectivity index (χ0v) is 16.2. The minimum atomic E-state index is -0.293. The molecule has 6 heteroatoms. The average Bonchev–Trinajstić information content (AvgIpc) is 2.52. The van der Waals surface area contributed by atoms with Crippen molar-refractivity contribution in [3.05, 3.63) is 69.7 Å². The third-order valence-electron chi connectivity index (χ3n) is 4.64. The lowest BCUT2D eigenvalue weighted by molar-refractivity contribution is -0.127. The molecule has 0 spiro atoms. The van der Waals surface area contributed by atoms with Crippen molar-refractivity contribution in [2.45, 2.75) is 13.0 Å². The minimum absolute atomic E-state index is 0. The Morgan fingerprint density at radius 1 is 1.12 bits per heavy atom. The lowest BCUT2D eigenvalue weighted by Gasteiger charge is -2.33. The molecule has 1 aliphatic heterocycles. The number of benzene rings is 2. The maximum atomic E-state index is 12.7. The first-order valence-corrected chi connectivity index (χ1v) is 8.83. The highest BCUT2D eigenvalue weighted by Gasteiger charge is 2.30. The van der Waals surface area contributed by atoms with Crippen LogP contribution < -0.4 is 10.6 Å². The van der Waals surface area contributed by atoms with Crippen LogP contribution in [0, 0.1) is 11.8 Å². The Labute approximate surface area is 164 Å². The van der Waals surface area contributed by atoms with Crippen molar-refractivity contribution in [3.8, 4) is 0 Å². The van der Waals surface area contributed by atoms with Crippen molar-refractivity contribution >= 4 is 41.5 Å². The fourth-order valence-corrected chi connectivity index (χ4v) is 3.23. The van der Waals surface area contributed by atoms with E-state index >= 15 is 0 Å². The smallest absolute Gasteiger partial charge is 0.223 e. The molecule has 1 heterocycles. The van der Waals surface area contributed by atoms with E-state index in [1.807, 2.05) is 55.5 Å². The van der Waals surface area contributed by atoms with Crippen LogP contribution in [0.4, 0.5) is 0 Å². The van der Waals surface area contributed by atoms with E-state index in [1.165, 1.54) is 0 Å². The molecule has 1 fully saturated rings. The van der Waals surface area contributed by atoms with E-state index in [0.717, 1.165) is 24.2 Å². The van der Waals surface area contributed by atoms with Gasteiger partial charge in [0.1, 0.15) is 0 Å². The Kier molecular flexibility index (Phi) is 7.14. The highest BCUT2D eigenvalue weighted by Crippen LogP contribution is 2.30. The molecule has 25 heavy (non-hydrogen) atoms. The van der Waals surface area contributed by atoms with E-state index in [0.29, 0.717) is 16.0 Å². The van der Waals surface area contributed by atoms with Crippen molar-refractivity contribution < 1.29 is 4.79 Å². The van der Waals surface area contributed by atoms with Gasteiger partial charge in [-0.05, 0) is 48.3 Å². The Morgan fingerprint density at radius 3 is 2.32 bits per heavy atom. The highest BCUT2D eigenvalue weighted by atomic mass is 35.5. The Morgan fingerprint density at radius 2 is 1.76 bits per heavy atom. The van der Waals surface area contributed by atoms with Gasteiger partial charge in [0.05, 0.1) is 6.04 Å². The Balaban J connectivity index is 0.00000225. The van der Waals surface area contributed by atoms with Crippen molar-refractivity contribution in [2.24, 2.45) is 11.8 Å². The largest absolute Gasteiger partial charge is 0.345 e. The van der Waals surface area contributed by atoms with E-state index in [2.05, 4.69) is 10.6 Å². The normalized spacial score (nSPS) is 16.3. The quantitative estimate of drug-likeness (QED) is 0.778. The van der Waals surface area contributed by atoms with Gasteiger partial charge >= 0.3 is 0 Å². The SMILES string of the molecule is CC(C(=O)NC(c1ccc(Cl)cc1)c1ccccc1Cl)C1CNC1.Cl. The van der Waals surface area contributed by atoms with Crippen molar-refractivity contribution in [3.63, 3.8) is 0 Å². The van der Waals surface area contributed by atoms with Crippen molar-refractivity contribution in [1.29, 1.82) is 0 Å². The molecule has 2 atom stereocenters. The molecular weight excluding hydrogens is 379 g/mol. The van der Waals surface area contributed by atoms with E-state index in [-0.39, 0.29) is 30.3 Å². The molecule has 2 N–H and O–H groups in total. The molecule has 2 unspecified atom stereocenters. The predicted octanol–water partition coefficient (Wildman–Crippen LogP) is 4.48. The molecular formula is C19H21Cl3N2O.